The maximum atomic E-state index is 14.1. The van der Waals surface area contributed by atoms with Crippen molar-refractivity contribution in [3.8, 4) is 11.5 Å². The molecule has 10 nitrogen and oxygen atoms in total. The van der Waals surface area contributed by atoms with Crippen LogP contribution in [0.15, 0.2) is 54.1 Å². The molecule has 2 aliphatic carbocycles. The third kappa shape index (κ3) is 7.22. The van der Waals surface area contributed by atoms with Crippen LogP contribution in [-0.2, 0) is 22.6 Å². The molecule has 2 aliphatic rings. The molecule has 0 bridgehead atoms. The molecule has 2 amide bonds. The number of benzene rings is 2. The number of H-pyrrole nitrogens is 1. The number of carbonyl (C=O) groups is 2. The predicted octanol–water partition coefficient (Wildman–Crippen LogP) is 3.45. The quantitative estimate of drug-likeness (QED) is 0.181. The number of nitrogens with one attached hydrogen (secondary N) is 2. The number of aromatic nitrogens is 1. The lowest BCUT2D eigenvalue weighted by Crippen LogP contribution is -2.56. The largest absolute Gasteiger partial charge is 0.493 e. The summed E-state index contributed by atoms with van der Waals surface area (Å²) in [5.74, 6) is 0.221. The minimum absolute atomic E-state index is 0.0158. The van der Waals surface area contributed by atoms with E-state index in [1.807, 2.05) is 24.3 Å². The number of halogens is 1. The fraction of sp³-hybridized carbons (Fsp3) is 0.455. The summed E-state index contributed by atoms with van der Waals surface area (Å²) >= 11 is 2.09. The van der Waals surface area contributed by atoms with Crippen LogP contribution in [0.1, 0.15) is 43.4 Å². The number of rotatable bonds is 12. The lowest BCUT2D eigenvalue weighted by molar-refractivity contribution is -0.142. The van der Waals surface area contributed by atoms with E-state index in [1.54, 1.807) is 23.1 Å². The van der Waals surface area contributed by atoms with Gasteiger partial charge in [0.05, 0.1) is 29.9 Å². The average molecular weight is 718 g/mol. The Balaban J connectivity index is 1.48. The van der Waals surface area contributed by atoms with Crippen molar-refractivity contribution in [1.82, 2.24) is 15.2 Å². The molecular weight excluding hydrogens is 677 g/mol. The van der Waals surface area contributed by atoms with Crippen LogP contribution >= 0.6 is 22.6 Å². The molecule has 1 aromatic heterocycles. The average Bonchev–Trinajstić information content (AvgIpc) is 3.72. The van der Waals surface area contributed by atoms with Crippen LogP contribution in [0.5, 0.6) is 11.5 Å². The third-order valence-electron chi connectivity index (χ3n) is 8.54. The standard InChI is InChI=1S/C33H40IN3O7/c1-43-29-15-20(19-39)14-25(34)31(29)44-28-18-23(32(41)35-11-13-38)17-27(30(28)40)37(33(42)21-6-2-3-7-21)12-10-24-16-22-8-4-5-9-26(22)36-24/h4-5,8-9,14-16,18,21,27-28,30,36,38-40H,2-3,6-7,10-13,17,19H2,1H3,(H,35,41)/t27-,28+,30+/m1/s1. The summed E-state index contributed by atoms with van der Waals surface area (Å²) in [6, 6.07) is 12.8. The van der Waals surface area contributed by atoms with Crippen molar-refractivity contribution in [3.63, 3.8) is 0 Å². The van der Waals surface area contributed by atoms with Crippen LogP contribution in [0, 0.1) is 9.49 Å². The van der Waals surface area contributed by atoms with E-state index in [0.717, 1.165) is 42.3 Å². The monoisotopic (exact) mass is 717 g/mol. The van der Waals surface area contributed by atoms with Crippen LogP contribution in [-0.4, -0.2) is 82.1 Å². The molecule has 1 heterocycles. The van der Waals surface area contributed by atoms with Gasteiger partial charge in [-0.1, -0.05) is 31.0 Å². The van der Waals surface area contributed by atoms with Gasteiger partial charge in [-0.3, -0.25) is 9.59 Å². The van der Waals surface area contributed by atoms with Crippen molar-refractivity contribution < 1.29 is 34.4 Å². The molecule has 0 aliphatic heterocycles. The molecule has 5 N–H and O–H groups in total. The first-order valence-electron chi connectivity index (χ1n) is 15.1. The zero-order valence-electron chi connectivity index (χ0n) is 24.8. The minimum atomic E-state index is -1.14. The molecule has 0 radical (unpaired) electrons. The Morgan fingerprint density at radius 2 is 1.91 bits per heavy atom. The van der Waals surface area contributed by atoms with E-state index >= 15 is 0 Å². The summed E-state index contributed by atoms with van der Waals surface area (Å²) in [5, 5.41) is 34.6. The van der Waals surface area contributed by atoms with Gasteiger partial charge in [-0.15, -0.1) is 0 Å². The Bertz CT molecular complexity index is 1470. The van der Waals surface area contributed by atoms with Crippen LogP contribution in [0.2, 0.25) is 0 Å². The Morgan fingerprint density at radius 1 is 1.14 bits per heavy atom. The van der Waals surface area contributed by atoms with Crippen molar-refractivity contribution in [2.45, 2.75) is 63.4 Å². The molecule has 44 heavy (non-hydrogen) atoms. The van der Waals surface area contributed by atoms with Crippen molar-refractivity contribution >= 4 is 45.3 Å². The second kappa shape index (κ2) is 14.8. The van der Waals surface area contributed by atoms with Gasteiger partial charge in [-0.2, -0.15) is 0 Å². The third-order valence-corrected chi connectivity index (χ3v) is 9.34. The summed E-state index contributed by atoms with van der Waals surface area (Å²) < 4.78 is 12.6. The van der Waals surface area contributed by atoms with Gasteiger partial charge >= 0.3 is 0 Å². The second-order valence-electron chi connectivity index (χ2n) is 11.4. The van der Waals surface area contributed by atoms with Crippen LogP contribution in [0.4, 0.5) is 0 Å². The first kappa shape index (κ1) is 32.3. The lowest BCUT2D eigenvalue weighted by atomic mass is 9.87. The number of methoxy groups -OCH3 is 1. The smallest absolute Gasteiger partial charge is 0.247 e. The fourth-order valence-corrected chi connectivity index (χ4v) is 7.04. The molecular formula is C33H40IN3O7. The topological polar surface area (TPSA) is 144 Å². The highest BCUT2D eigenvalue weighted by molar-refractivity contribution is 14.1. The number of hydrogen-bond acceptors (Lipinski definition) is 7. The van der Waals surface area contributed by atoms with Crippen molar-refractivity contribution in [3.05, 3.63) is 68.9 Å². The molecule has 0 unspecified atom stereocenters. The Kier molecular flexibility index (Phi) is 10.8. The summed E-state index contributed by atoms with van der Waals surface area (Å²) in [5.41, 5.74) is 3.01. The van der Waals surface area contributed by atoms with E-state index in [2.05, 4.69) is 39.0 Å². The van der Waals surface area contributed by atoms with E-state index in [1.165, 1.54) is 7.11 Å². The zero-order chi connectivity index (χ0) is 31.2. The molecule has 1 fully saturated rings. The van der Waals surface area contributed by atoms with E-state index in [4.69, 9.17) is 9.47 Å². The van der Waals surface area contributed by atoms with Gasteiger partial charge in [0, 0.05) is 48.6 Å². The summed E-state index contributed by atoms with van der Waals surface area (Å²) in [6.07, 6.45) is 3.75. The van der Waals surface area contributed by atoms with Crippen molar-refractivity contribution in [2.75, 3.05) is 26.8 Å². The normalized spacial score (nSPS) is 20.4. The maximum Gasteiger partial charge on any atom is 0.247 e. The Morgan fingerprint density at radius 3 is 2.61 bits per heavy atom. The number of ether oxygens (including phenoxy) is 2. The molecule has 2 aromatic carbocycles. The van der Waals surface area contributed by atoms with E-state index in [-0.39, 0.29) is 43.9 Å². The van der Waals surface area contributed by atoms with Gasteiger partial charge in [0.1, 0.15) is 12.2 Å². The Labute approximate surface area is 270 Å². The number of hydrogen-bond donors (Lipinski definition) is 5. The number of nitrogens with zero attached hydrogens (tertiary/aromatic N) is 1. The van der Waals surface area contributed by atoms with Gasteiger partial charge in [0.15, 0.2) is 11.5 Å². The van der Waals surface area contributed by atoms with Crippen LogP contribution < -0.4 is 14.8 Å². The van der Waals surface area contributed by atoms with Gasteiger partial charge < -0.3 is 40.0 Å². The first-order chi connectivity index (χ1) is 21.3. The number of aliphatic hydroxyl groups excluding tert-OH is 3. The van der Waals surface area contributed by atoms with Crippen LogP contribution in [0.3, 0.4) is 0 Å². The first-order valence-corrected chi connectivity index (χ1v) is 16.2. The summed E-state index contributed by atoms with van der Waals surface area (Å²) in [7, 11) is 1.50. The van der Waals surface area contributed by atoms with Gasteiger partial charge in [0.2, 0.25) is 11.8 Å². The van der Waals surface area contributed by atoms with Gasteiger partial charge in [-0.25, -0.2) is 0 Å². The summed E-state index contributed by atoms with van der Waals surface area (Å²) in [6.45, 7) is 0.0431. The second-order valence-corrected chi connectivity index (χ2v) is 12.6. The summed E-state index contributed by atoms with van der Waals surface area (Å²) in [4.78, 5) is 32.5. The highest BCUT2D eigenvalue weighted by Gasteiger charge is 2.42. The van der Waals surface area contributed by atoms with Crippen LogP contribution in [0.25, 0.3) is 10.9 Å². The van der Waals surface area contributed by atoms with Crippen molar-refractivity contribution in [1.29, 1.82) is 0 Å². The molecule has 0 spiro atoms. The van der Waals surface area contributed by atoms with E-state index in [0.29, 0.717) is 39.2 Å². The number of aromatic amines is 1. The van der Waals surface area contributed by atoms with E-state index in [9.17, 15) is 24.9 Å². The van der Waals surface area contributed by atoms with E-state index < -0.39 is 18.2 Å². The highest BCUT2D eigenvalue weighted by atomic mass is 127. The SMILES string of the molecule is COc1cc(CO)cc(I)c1O[C@H]1C=C(C(=O)NCCO)C[C@@H](N(CCc2cc3ccccc3[nH]2)C(=O)C2CCCC2)[C@@H]1O. The number of para-hydroxylation sites is 1. The highest BCUT2D eigenvalue weighted by Crippen LogP contribution is 2.38. The van der Waals surface area contributed by atoms with Gasteiger partial charge in [-0.05, 0) is 76.7 Å². The Hall–Kier alpha value is -3.13. The van der Waals surface area contributed by atoms with Crippen molar-refractivity contribution in [2.24, 2.45) is 5.92 Å². The number of fused-ring (bicyclic) bond motifs is 1. The molecule has 236 valence electrons. The molecule has 11 heteroatoms. The number of aliphatic hydroxyl groups is 3. The maximum absolute atomic E-state index is 14.1. The molecule has 0 saturated heterocycles. The number of amides is 2. The molecule has 1 saturated carbocycles. The predicted molar refractivity (Wildman–Crippen MR) is 174 cm³/mol. The van der Waals surface area contributed by atoms with Gasteiger partial charge in [0.25, 0.3) is 0 Å². The zero-order valence-corrected chi connectivity index (χ0v) is 27.0. The lowest BCUT2D eigenvalue weighted by Gasteiger charge is -2.41. The molecule has 3 aromatic rings. The fourth-order valence-electron chi connectivity index (χ4n) is 6.25. The molecule has 5 rings (SSSR count). The molecule has 3 atom stereocenters. The minimum Gasteiger partial charge on any atom is -0.493 e. The number of carbonyl (C=O) groups excluding carboxylic acids is 2.